The summed E-state index contributed by atoms with van der Waals surface area (Å²) in [6.07, 6.45) is 19.2. The van der Waals surface area contributed by atoms with Gasteiger partial charge in [0, 0.05) is 6.61 Å². The average Bonchev–Trinajstić information content (AvgIpc) is 2.53. The maximum atomic E-state index is 6.06. The molecule has 0 aromatic rings. The van der Waals surface area contributed by atoms with Crippen LogP contribution in [0.25, 0.3) is 0 Å². The van der Waals surface area contributed by atoms with E-state index in [-0.39, 0.29) is 0 Å². The Labute approximate surface area is 132 Å². The zero-order chi connectivity index (χ0) is 14.9. The van der Waals surface area contributed by atoms with Crippen LogP contribution in [0, 0.1) is 17.8 Å². The van der Waals surface area contributed by atoms with Gasteiger partial charge in [0.25, 0.3) is 0 Å². The molecule has 21 heavy (non-hydrogen) atoms. The zero-order valence-corrected chi connectivity index (χ0v) is 14.2. The van der Waals surface area contributed by atoms with E-state index in [1.165, 1.54) is 77.0 Å². The molecular weight excluding hydrogens is 256 g/mol. The first-order valence-corrected chi connectivity index (χ1v) is 9.56. The first kappa shape index (κ1) is 17.1. The van der Waals surface area contributed by atoms with E-state index in [1.54, 1.807) is 0 Å². The zero-order valence-electron chi connectivity index (χ0n) is 14.2. The fourth-order valence-electron chi connectivity index (χ4n) is 4.46. The fraction of sp³-hybridized carbons (Fsp3) is 0.900. The van der Waals surface area contributed by atoms with Crippen molar-refractivity contribution < 1.29 is 4.74 Å². The van der Waals surface area contributed by atoms with Crippen LogP contribution >= 0.6 is 0 Å². The van der Waals surface area contributed by atoms with Gasteiger partial charge in [0.2, 0.25) is 0 Å². The smallest absolute Gasteiger partial charge is 0.0575 e. The van der Waals surface area contributed by atoms with Gasteiger partial charge in [-0.3, -0.25) is 0 Å². The second-order valence-electron chi connectivity index (χ2n) is 7.42. The molecule has 0 unspecified atom stereocenters. The molecule has 1 nitrogen and oxygen atoms in total. The molecule has 0 amide bonds. The summed E-state index contributed by atoms with van der Waals surface area (Å²) >= 11 is 0. The molecule has 0 radical (unpaired) electrons. The van der Waals surface area contributed by atoms with Gasteiger partial charge in [0.1, 0.15) is 0 Å². The summed E-state index contributed by atoms with van der Waals surface area (Å²) < 4.78 is 6.06. The van der Waals surface area contributed by atoms with Crippen LogP contribution < -0.4 is 0 Å². The van der Waals surface area contributed by atoms with Gasteiger partial charge in [-0.25, -0.2) is 0 Å². The fourth-order valence-corrected chi connectivity index (χ4v) is 4.46. The molecule has 0 spiro atoms. The molecule has 0 aromatic heterocycles. The van der Waals surface area contributed by atoms with Crippen molar-refractivity contribution in [3.8, 4) is 0 Å². The molecule has 0 aromatic carbocycles. The van der Waals surface area contributed by atoms with E-state index in [0.717, 1.165) is 24.4 Å². The van der Waals surface area contributed by atoms with Crippen LogP contribution in [0.2, 0.25) is 0 Å². The molecule has 0 heterocycles. The Kier molecular flexibility index (Phi) is 7.85. The van der Waals surface area contributed by atoms with E-state index in [2.05, 4.69) is 19.6 Å². The summed E-state index contributed by atoms with van der Waals surface area (Å²) in [5.41, 5.74) is 0. The molecule has 0 atom stereocenters. The molecule has 2 fully saturated rings. The third-order valence-electron chi connectivity index (χ3n) is 5.88. The molecule has 2 rings (SSSR count). The van der Waals surface area contributed by atoms with Crippen LogP contribution in [0.4, 0.5) is 0 Å². The number of hydrogen-bond acceptors (Lipinski definition) is 1. The monoisotopic (exact) mass is 292 g/mol. The van der Waals surface area contributed by atoms with E-state index in [1.807, 2.05) is 0 Å². The first-order chi connectivity index (χ1) is 10.3. The number of unbranched alkanes of at least 4 members (excludes halogenated alkanes) is 2. The van der Waals surface area contributed by atoms with Gasteiger partial charge in [-0.2, -0.15) is 0 Å². The first-order valence-electron chi connectivity index (χ1n) is 9.56. The summed E-state index contributed by atoms with van der Waals surface area (Å²) in [5.74, 6) is 2.97. The molecule has 2 aliphatic rings. The standard InChI is InChI=1S/C20H36O/c1-3-5-6-16-21-20-14-12-19(13-15-20)18-10-8-17(7-4-2)9-11-18/h4,17-20H,2-3,5-16H2,1H3. The SMILES string of the molecule is C=CCC1CCC(C2CCC(OCCCCC)CC2)CC1. The van der Waals surface area contributed by atoms with Crippen LogP contribution in [-0.2, 0) is 4.74 Å². The van der Waals surface area contributed by atoms with Crippen molar-refractivity contribution in [2.24, 2.45) is 17.8 Å². The lowest BCUT2D eigenvalue weighted by molar-refractivity contribution is 0.00557. The van der Waals surface area contributed by atoms with Crippen molar-refractivity contribution in [3.63, 3.8) is 0 Å². The maximum absolute atomic E-state index is 6.06. The van der Waals surface area contributed by atoms with Crippen LogP contribution in [0.15, 0.2) is 12.7 Å². The molecule has 0 aliphatic heterocycles. The predicted octanol–water partition coefficient (Wildman–Crippen LogP) is 6.13. The highest BCUT2D eigenvalue weighted by atomic mass is 16.5. The maximum Gasteiger partial charge on any atom is 0.0575 e. The Bertz CT molecular complexity index is 270. The van der Waals surface area contributed by atoms with Gasteiger partial charge in [-0.15, -0.1) is 6.58 Å². The molecule has 0 saturated heterocycles. The molecule has 0 bridgehead atoms. The van der Waals surface area contributed by atoms with E-state index in [9.17, 15) is 0 Å². The Morgan fingerprint density at radius 3 is 2.10 bits per heavy atom. The van der Waals surface area contributed by atoms with E-state index < -0.39 is 0 Å². The highest BCUT2D eigenvalue weighted by Crippen LogP contribution is 2.41. The topological polar surface area (TPSA) is 9.23 Å². The van der Waals surface area contributed by atoms with Crippen LogP contribution in [0.3, 0.4) is 0 Å². The lowest BCUT2D eigenvalue weighted by atomic mass is 9.70. The Morgan fingerprint density at radius 2 is 1.52 bits per heavy atom. The van der Waals surface area contributed by atoms with E-state index in [0.29, 0.717) is 6.10 Å². The number of rotatable bonds is 8. The second-order valence-corrected chi connectivity index (χ2v) is 7.42. The molecule has 2 aliphatic carbocycles. The average molecular weight is 293 g/mol. The highest BCUT2D eigenvalue weighted by molar-refractivity contribution is 4.84. The van der Waals surface area contributed by atoms with Crippen molar-refractivity contribution in [3.05, 3.63) is 12.7 Å². The van der Waals surface area contributed by atoms with Gasteiger partial charge in [-0.1, -0.05) is 25.8 Å². The van der Waals surface area contributed by atoms with Crippen molar-refractivity contribution in [1.29, 1.82) is 0 Å². The minimum Gasteiger partial charge on any atom is -0.378 e. The van der Waals surface area contributed by atoms with Crippen LogP contribution in [0.5, 0.6) is 0 Å². The quantitative estimate of drug-likeness (QED) is 0.386. The van der Waals surface area contributed by atoms with Gasteiger partial charge in [-0.05, 0) is 82.0 Å². The summed E-state index contributed by atoms with van der Waals surface area (Å²) in [4.78, 5) is 0. The minimum atomic E-state index is 0.579. The summed E-state index contributed by atoms with van der Waals surface area (Å²) in [7, 11) is 0. The number of hydrogen-bond donors (Lipinski definition) is 0. The Hall–Kier alpha value is -0.300. The van der Waals surface area contributed by atoms with Crippen molar-refractivity contribution in [1.82, 2.24) is 0 Å². The largest absolute Gasteiger partial charge is 0.378 e. The third kappa shape index (κ3) is 5.77. The lowest BCUT2D eigenvalue weighted by Crippen LogP contribution is -2.28. The Morgan fingerprint density at radius 1 is 0.905 bits per heavy atom. The van der Waals surface area contributed by atoms with Crippen molar-refractivity contribution >= 4 is 0 Å². The van der Waals surface area contributed by atoms with Gasteiger partial charge in [0.15, 0.2) is 0 Å². The Balaban J connectivity index is 1.59. The van der Waals surface area contributed by atoms with Crippen molar-refractivity contribution in [2.75, 3.05) is 6.61 Å². The second kappa shape index (κ2) is 9.66. The van der Waals surface area contributed by atoms with Crippen LogP contribution in [-0.4, -0.2) is 12.7 Å². The van der Waals surface area contributed by atoms with Gasteiger partial charge in [0.05, 0.1) is 6.10 Å². The lowest BCUT2D eigenvalue weighted by Gasteiger charge is -2.37. The van der Waals surface area contributed by atoms with Crippen molar-refractivity contribution in [2.45, 2.75) is 90.1 Å². The molecule has 1 heteroatoms. The normalized spacial score (nSPS) is 33.8. The summed E-state index contributed by atoms with van der Waals surface area (Å²) in [6.45, 7) is 7.15. The summed E-state index contributed by atoms with van der Waals surface area (Å²) in [5, 5.41) is 0. The van der Waals surface area contributed by atoms with Crippen LogP contribution in [0.1, 0.15) is 84.0 Å². The van der Waals surface area contributed by atoms with Gasteiger partial charge < -0.3 is 4.74 Å². The van der Waals surface area contributed by atoms with E-state index >= 15 is 0 Å². The van der Waals surface area contributed by atoms with Gasteiger partial charge >= 0.3 is 0 Å². The number of ether oxygens (including phenoxy) is 1. The van der Waals surface area contributed by atoms with E-state index in [4.69, 9.17) is 4.74 Å². The molecular formula is C20H36O. The molecule has 2 saturated carbocycles. The molecule has 122 valence electrons. The minimum absolute atomic E-state index is 0.579. The summed E-state index contributed by atoms with van der Waals surface area (Å²) in [6, 6.07) is 0. The third-order valence-corrected chi connectivity index (χ3v) is 5.88. The number of allylic oxidation sites excluding steroid dienone is 1. The predicted molar refractivity (Wildman–Crippen MR) is 91.5 cm³/mol. The molecule has 0 N–H and O–H groups in total. The highest BCUT2D eigenvalue weighted by Gasteiger charge is 2.30.